The second-order valence-corrected chi connectivity index (χ2v) is 12.5. The fourth-order valence-electron chi connectivity index (χ4n) is 3.33. The van der Waals surface area contributed by atoms with E-state index in [4.69, 9.17) is 4.74 Å². The van der Waals surface area contributed by atoms with Crippen LogP contribution in [0.3, 0.4) is 0 Å². The Labute approximate surface area is 166 Å². The quantitative estimate of drug-likeness (QED) is 0.524. The van der Waals surface area contributed by atoms with Crippen LogP contribution in [0.25, 0.3) is 0 Å². The molecular weight excluding hydrogens is 410 g/mol. The van der Waals surface area contributed by atoms with Crippen LogP contribution < -0.4 is 0 Å². The zero-order chi connectivity index (χ0) is 20.4. The summed E-state index contributed by atoms with van der Waals surface area (Å²) in [6.45, 7) is 8.34. The van der Waals surface area contributed by atoms with Crippen molar-refractivity contribution in [1.82, 2.24) is 15.1 Å². The number of carbonyl (C=O) groups is 2. The van der Waals surface area contributed by atoms with E-state index in [0.29, 0.717) is 9.91 Å². The smallest absolute Gasteiger partial charge is 0.271 e. The molecule has 3 rings (SSSR count). The molecule has 1 aromatic rings. The number of ether oxygens (including phenoxy) is 1. The van der Waals surface area contributed by atoms with Gasteiger partial charge < -0.3 is 4.74 Å². The Kier molecular flexibility index (Phi) is 4.81. The standard InChI is InChI=1S/C16H21N3O5S3/c1-8-7-19-12(21)16(24-6,11(20)15(3,4)5)13(19)27(22,23)10(8)26-14-18-17-9(2)25-14/h7,10,13H,1-6H3/t10?,13-,16-/m0/s1. The van der Waals surface area contributed by atoms with Crippen molar-refractivity contribution in [2.75, 3.05) is 7.11 Å². The van der Waals surface area contributed by atoms with Crippen LogP contribution in [0, 0.1) is 12.3 Å². The first-order chi connectivity index (χ1) is 12.4. The Morgan fingerprint density at radius 2 is 1.96 bits per heavy atom. The highest BCUT2D eigenvalue weighted by atomic mass is 32.3. The van der Waals surface area contributed by atoms with Gasteiger partial charge in [0.2, 0.25) is 5.60 Å². The number of thioether (sulfide) groups is 1. The van der Waals surface area contributed by atoms with Gasteiger partial charge in [0.15, 0.2) is 25.3 Å². The molecule has 0 N–H and O–H groups in total. The highest BCUT2D eigenvalue weighted by Crippen LogP contribution is 2.50. The predicted molar refractivity (Wildman–Crippen MR) is 102 cm³/mol. The first kappa shape index (κ1) is 20.4. The van der Waals surface area contributed by atoms with Gasteiger partial charge in [0.05, 0.1) is 0 Å². The fraction of sp³-hybridized carbons (Fsp3) is 0.625. The maximum Gasteiger partial charge on any atom is 0.271 e. The zero-order valence-electron chi connectivity index (χ0n) is 15.8. The van der Waals surface area contributed by atoms with Crippen LogP contribution in [-0.4, -0.2) is 57.9 Å². The fourth-order valence-corrected chi connectivity index (χ4v) is 8.47. The number of ketones is 1. The van der Waals surface area contributed by atoms with Crippen LogP contribution in [0.1, 0.15) is 32.7 Å². The van der Waals surface area contributed by atoms with Crippen molar-refractivity contribution in [2.45, 2.75) is 54.5 Å². The minimum atomic E-state index is -3.97. The number of methoxy groups -OCH3 is 1. The lowest BCUT2D eigenvalue weighted by Crippen LogP contribution is -2.81. The number of Topliss-reactive ketones (excluding diaryl/α,β-unsaturated/α-hetero) is 1. The maximum absolute atomic E-state index is 13.4. The number of amides is 1. The number of hydrogen-bond acceptors (Lipinski definition) is 9. The molecule has 1 fully saturated rings. The summed E-state index contributed by atoms with van der Waals surface area (Å²) in [5.41, 5.74) is -2.47. The molecule has 27 heavy (non-hydrogen) atoms. The summed E-state index contributed by atoms with van der Waals surface area (Å²) in [6, 6.07) is 0. The molecule has 11 heteroatoms. The van der Waals surface area contributed by atoms with Crippen LogP contribution in [-0.2, 0) is 24.2 Å². The van der Waals surface area contributed by atoms with Crippen molar-refractivity contribution in [3.8, 4) is 0 Å². The van der Waals surface area contributed by atoms with Gasteiger partial charge in [0.1, 0.15) is 9.59 Å². The third-order valence-electron chi connectivity index (χ3n) is 4.53. The van der Waals surface area contributed by atoms with E-state index in [-0.39, 0.29) is 0 Å². The Hall–Kier alpha value is -1.30. The largest absolute Gasteiger partial charge is 0.358 e. The molecule has 3 heterocycles. The minimum absolute atomic E-state index is 0.491. The van der Waals surface area contributed by atoms with E-state index >= 15 is 0 Å². The molecule has 0 aromatic carbocycles. The van der Waals surface area contributed by atoms with Crippen molar-refractivity contribution in [3.05, 3.63) is 16.8 Å². The van der Waals surface area contributed by atoms with Crippen molar-refractivity contribution in [1.29, 1.82) is 0 Å². The van der Waals surface area contributed by atoms with Gasteiger partial charge in [0, 0.05) is 18.7 Å². The van der Waals surface area contributed by atoms with Gasteiger partial charge in [-0.05, 0) is 19.4 Å². The number of hydrogen-bond donors (Lipinski definition) is 0. The zero-order valence-corrected chi connectivity index (χ0v) is 18.3. The summed E-state index contributed by atoms with van der Waals surface area (Å²) in [6.07, 6.45) is 1.49. The maximum atomic E-state index is 13.4. The lowest BCUT2D eigenvalue weighted by atomic mass is 9.75. The highest BCUT2D eigenvalue weighted by Gasteiger charge is 2.74. The second kappa shape index (κ2) is 6.36. The molecule has 0 aliphatic carbocycles. The molecule has 1 amide bonds. The van der Waals surface area contributed by atoms with E-state index in [2.05, 4.69) is 10.2 Å². The summed E-state index contributed by atoms with van der Waals surface area (Å²) in [5, 5.41) is 7.23. The molecule has 1 unspecified atom stereocenters. The number of aryl methyl sites for hydroxylation is 1. The Balaban J connectivity index is 2.08. The van der Waals surface area contributed by atoms with E-state index in [1.807, 2.05) is 0 Å². The second-order valence-electron chi connectivity index (χ2n) is 7.58. The molecule has 148 valence electrons. The van der Waals surface area contributed by atoms with Gasteiger partial charge in [-0.1, -0.05) is 43.9 Å². The Morgan fingerprint density at radius 3 is 2.44 bits per heavy atom. The van der Waals surface area contributed by atoms with Crippen LogP contribution in [0.2, 0.25) is 0 Å². The lowest BCUT2D eigenvalue weighted by molar-refractivity contribution is -0.189. The highest BCUT2D eigenvalue weighted by molar-refractivity contribution is 8.14. The van der Waals surface area contributed by atoms with Crippen LogP contribution in [0.5, 0.6) is 0 Å². The third-order valence-corrected chi connectivity index (χ3v) is 9.82. The molecule has 0 bridgehead atoms. The van der Waals surface area contributed by atoms with Gasteiger partial charge in [0.25, 0.3) is 5.91 Å². The number of fused-ring (bicyclic) bond motifs is 1. The van der Waals surface area contributed by atoms with E-state index in [1.54, 1.807) is 34.6 Å². The van der Waals surface area contributed by atoms with E-state index in [1.165, 1.54) is 24.6 Å². The van der Waals surface area contributed by atoms with Gasteiger partial charge in [-0.15, -0.1) is 10.2 Å². The van der Waals surface area contributed by atoms with Crippen molar-refractivity contribution in [3.63, 3.8) is 0 Å². The number of aromatic nitrogens is 2. The van der Waals surface area contributed by atoms with Crippen LogP contribution >= 0.6 is 23.1 Å². The molecule has 2 aliphatic rings. The Bertz CT molecular complexity index is 947. The molecule has 3 atom stereocenters. The normalized spacial score (nSPS) is 29.8. The number of nitrogens with zero attached hydrogens (tertiary/aromatic N) is 3. The topological polar surface area (TPSA) is 107 Å². The van der Waals surface area contributed by atoms with Gasteiger partial charge >= 0.3 is 0 Å². The monoisotopic (exact) mass is 431 g/mol. The summed E-state index contributed by atoms with van der Waals surface area (Å²) >= 11 is 2.35. The predicted octanol–water partition coefficient (Wildman–Crippen LogP) is 1.77. The Morgan fingerprint density at radius 1 is 1.33 bits per heavy atom. The number of carbonyl (C=O) groups excluding carboxylic acids is 2. The van der Waals surface area contributed by atoms with Crippen LogP contribution in [0.15, 0.2) is 16.1 Å². The number of rotatable bonds is 4. The van der Waals surface area contributed by atoms with E-state index in [9.17, 15) is 18.0 Å². The molecule has 0 saturated carbocycles. The number of β-lactam (4-membered cyclic amide) rings is 1. The summed E-state index contributed by atoms with van der Waals surface area (Å²) < 4.78 is 31.7. The number of sulfone groups is 1. The van der Waals surface area contributed by atoms with Crippen molar-refractivity contribution < 1.29 is 22.7 Å². The molecule has 8 nitrogen and oxygen atoms in total. The summed E-state index contributed by atoms with van der Waals surface area (Å²) in [4.78, 5) is 26.9. The molecular formula is C16H21N3O5S3. The molecule has 1 aromatic heterocycles. The SMILES string of the molecule is CO[C@@]1(C(=O)C(C)(C)C)C(=O)N2C=C(C)C(Sc3nnc(C)s3)S(=O)(=O)[C@H]21. The van der Waals surface area contributed by atoms with Crippen molar-refractivity contribution >= 4 is 44.6 Å². The van der Waals surface area contributed by atoms with E-state index in [0.717, 1.165) is 21.7 Å². The van der Waals surface area contributed by atoms with Gasteiger partial charge in [-0.2, -0.15) is 0 Å². The average Bonchev–Trinajstić information content (AvgIpc) is 2.97. The lowest BCUT2D eigenvalue weighted by Gasteiger charge is -2.55. The first-order valence-corrected chi connectivity index (χ1v) is 11.5. The molecule has 2 aliphatic heterocycles. The average molecular weight is 432 g/mol. The summed E-state index contributed by atoms with van der Waals surface area (Å²) in [5.74, 6) is -1.19. The molecule has 0 radical (unpaired) electrons. The van der Waals surface area contributed by atoms with Gasteiger partial charge in [-0.3, -0.25) is 14.5 Å². The molecule has 1 saturated heterocycles. The van der Waals surface area contributed by atoms with Gasteiger partial charge in [-0.25, -0.2) is 8.42 Å². The third kappa shape index (κ3) is 2.86. The first-order valence-electron chi connectivity index (χ1n) is 8.18. The summed E-state index contributed by atoms with van der Waals surface area (Å²) in [7, 11) is -2.76. The minimum Gasteiger partial charge on any atom is -0.358 e. The van der Waals surface area contributed by atoms with E-state index < -0.39 is 42.5 Å². The van der Waals surface area contributed by atoms with Crippen LogP contribution in [0.4, 0.5) is 0 Å². The molecule has 0 spiro atoms. The van der Waals surface area contributed by atoms with Crippen molar-refractivity contribution in [2.24, 2.45) is 5.41 Å².